The van der Waals surface area contributed by atoms with Crippen molar-refractivity contribution < 1.29 is 0 Å². The van der Waals surface area contributed by atoms with Crippen LogP contribution in [-0.4, -0.2) is 9.36 Å². The van der Waals surface area contributed by atoms with Crippen LogP contribution in [0.3, 0.4) is 0 Å². The molecule has 2 rings (SSSR count). The van der Waals surface area contributed by atoms with E-state index in [1.165, 1.54) is 11.8 Å². The van der Waals surface area contributed by atoms with Gasteiger partial charge < -0.3 is 5.32 Å². The minimum atomic E-state index is -0.0290. The van der Waals surface area contributed by atoms with Crippen molar-refractivity contribution in [1.82, 2.24) is 5.32 Å². The summed E-state index contributed by atoms with van der Waals surface area (Å²) in [5.74, 6) is 0. The van der Waals surface area contributed by atoms with Crippen molar-refractivity contribution in [3.63, 3.8) is 0 Å². The number of thioether (sulfide) groups is 1. The van der Waals surface area contributed by atoms with Crippen LogP contribution in [0.15, 0.2) is 30.3 Å². The summed E-state index contributed by atoms with van der Waals surface area (Å²) in [5, 5.41) is 11.4. The third kappa shape index (κ3) is 1.73. The molecule has 0 saturated carbocycles. The molecule has 66 valence electrons. The normalized spacial score (nSPS) is 21.7. The molecule has 1 aliphatic rings. The highest BCUT2D eigenvalue weighted by Gasteiger charge is 2.26. The van der Waals surface area contributed by atoms with Crippen LogP contribution in [0.4, 0.5) is 0 Å². The van der Waals surface area contributed by atoms with Crippen molar-refractivity contribution in [1.29, 1.82) is 5.41 Å². The number of nitrogens with one attached hydrogen (secondary N) is 2. The summed E-state index contributed by atoms with van der Waals surface area (Å²) in [6.07, 6.45) is 0. The summed E-state index contributed by atoms with van der Waals surface area (Å²) >= 11 is 6.31. The first kappa shape index (κ1) is 8.72. The minimum absolute atomic E-state index is 0.0290. The van der Waals surface area contributed by atoms with Gasteiger partial charge in [0.1, 0.15) is 10.4 Å². The summed E-state index contributed by atoms with van der Waals surface area (Å²) in [6.45, 7) is 0. The molecule has 13 heavy (non-hydrogen) atoms. The maximum absolute atomic E-state index is 7.69. The largest absolute Gasteiger partial charge is 0.358 e. The Morgan fingerprint density at radius 1 is 1.31 bits per heavy atom. The quantitative estimate of drug-likeness (QED) is 0.695. The molecule has 1 fully saturated rings. The number of hydrogen-bond acceptors (Lipinski definition) is 3. The van der Waals surface area contributed by atoms with E-state index >= 15 is 0 Å². The topological polar surface area (TPSA) is 35.9 Å². The van der Waals surface area contributed by atoms with Crippen LogP contribution in [0.25, 0.3) is 0 Å². The Morgan fingerprint density at radius 2 is 2.00 bits per heavy atom. The molecule has 2 N–H and O–H groups in total. The first-order valence-corrected chi connectivity index (χ1v) is 5.11. The highest BCUT2D eigenvalue weighted by atomic mass is 32.2. The van der Waals surface area contributed by atoms with E-state index < -0.39 is 0 Å². The van der Waals surface area contributed by atoms with Crippen molar-refractivity contribution in [3.8, 4) is 0 Å². The molecule has 1 unspecified atom stereocenters. The van der Waals surface area contributed by atoms with Crippen LogP contribution in [0.1, 0.15) is 11.6 Å². The first-order valence-electron chi connectivity index (χ1n) is 3.89. The summed E-state index contributed by atoms with van der Waals surface area (Å²) in [5.41, 5.74) is 1.10. The molecule has 1 heterocycles. The lowest BCUT2D eigenvalue weighted by molar-refractivity contribution is 0.866. The standard InChI is InChI=1S/C9H8N2S2/c10-8-7(11-9(12)13-8)6-4-2-1-3-5-6/h1-5,7,10H,(H,11,12). The van der Waals surface area contributed by atoms with E-state index in [0.29, 0.717) is 9.36 Å². The Labute approximate surface area is 86.2 Å². The second kappa shape index (κ2) is 3.47. The first-order chi connectivity index (χ1) is 6.27. The molecular formula is C9H8N2S2. The molecule has 4 heteroatoms. The maximum Gasteiger partial charge on any atom is 0.140 e. The van der Waals surface area contributed by atoms with Gasteiger partial charge in [0.05, 0.1) is 5.04 Å². The molecule has 0 radical (unpaired) electrons. The molecule has 0 aromatic heterocycles. The average Bonchev–Trinajstić information content (AvgIpc) is 2.47. The zero-order valence-corrected chi connectivity index (χ0v) is 8.41. The Balaban J connectivity index is 2.28. The molecule has 1 atom stereocenters. The van der Waals surface area contributed by atoms with E-state index in [-0.39, 0.29) is 6.04 Å². The monoisotopic (exact) mass is 208 g/mol. The van der Waals surface area contributed by atoms with E-state index in [1.54, 1.807) is 0 Å². The SMILES string of the molecule is N=C1SC(=S)NC1c1ccccc1. The number of rotatable bonds is 1. The Hall–Kier alpha value is -0.870. The van der Waals surface area contributed by atoms with Crippen molar-refractivity contribution in [2.24, 2.45) is 0 Å². The van der Waals surface area contributed by atoms with Gasteiger partial charge in [0.15, 0.2) is 0 Å². The molecule has 1 aromatic rings. The van der Waals surface area contributed by atoms with Gasteiger partial charge in [-0.05, 0) is 17.3 Å². The van der Waals surface area contributed by atoms with Gasteiger partial charge in [-0.25, -0.2) is 0 Å². The molecule has 1 aromatic carbocycles. The number of hydrogen-bond donors (Lipinski definition) is 2. The van der Waals surface area contributed by atoms with Gasteiger partial charge >= 0.3 is 0 Å². The Morgan fingerprint density at radius 3 is 2.54 bits per heavy atom. The van der Waals surface area contributed by atoms with Crippen LogP contribution < -0.4 is 5.32 Å². The smallest absolute Gasteiger partial charge is 0.140 e. The average molecular weight is 208 g/mol. The lowest BCUT2D eigenvalue weighted by Gasteiger charge is -2.09. The highest BCUT2D eigenvalue weighted by Crippen LogP contribution is 2.27. The van der Waals surface area contributed by atoms with Crippen molar-refractivity contribution in [3.05, 3.63) is 35.9 Å². The summed E-state index contributed by atoms with van der Waals surface area (Å²) < 4.78 is 0.693. The minimum Gasteiger partial charge on any atom is -0.358 e. The zero-order valence-electron chi connectivity index (χ0n) is 6.78. The third-order valence-corrected chi connectivity index (χ3v) is 2.99. The fraction of sp³-hybridized carbons (Fsp3) is 0.111. The van der Waals surface area contributed by atoms with Crippen LogP contribution >= 0.6 is 24.0 Å². The highest BCUT2D eigenvalue weighted by molar-refractivity contribution is 8.33. The molecule has 0 amide bonds. The van der Waals surface area contributed by atoms with E-state index in [2.05, 4.69) is 5.32 Å². The van der Waals surface area contributed by atoms with Gasteiger partial charge in [-0.1, -0.05) is 42.5 Å². The maximum atomic E-state index is 7.69. The summed E-state index contributed by atoms with van der Waals surface area (Å²) in [6, 6.07) is 9.88. The van der Waals surface area contributed by atoms with Gasteiger partial charge in [-0.3, -0.25) is 5.41 Å². The third-order valence-electron chi connectivity index (χ3n) is 1.86. The number of thiocarbonyl (C=S) groups is 1. The molecule has 0 aliphatic carbocycles. The predicted octanol–water partition coefficient (Wildman–Crippen LogP) is 2.33. The van der Waals surface area contributed by atoms with Crippen LogP contribution in [0.2, 0.25) is 0 Å². The molecular weight excluding hydrogens is 200 g/mol. The fourth-order valence-electron chi connectivity index (χ4n) is 1.25. The lowest BCUT2D eigenvalue weighted by atomic mass is 10.1. The van der Waals surface area contributed by atoms with E-state index in [0.717, 1.165) is 5.56 Å². The fourth-order valence-corrected chi connectivity index (χ4v) is 2.33. The van der Waals surface area contributed by atoms with E-state index in [1.807, 2.05) is 30.3 Å². The second-order valence-corrected chi connectivity index (χ2v) is 4.46. The van der Waals surface area contributed by atoms with Crippen LogP contribution in [0, 0.1) is 5.41 Å². The molecule has 0 spiro atoms. The predicted molar refractivity (Wildman–Crippen MR) is 60.2 cm³/mol. The Kier molecular flexibility index (Phi) is 2.33. The summed E-state index contributed by atoms with van der Waals surface area (Å²) in [7, 11) is 0. The summed E-state index contributed by atoms with van der Waals surface area (Å²) in [4.78, 5) is 0. The van der Waals surface area contributed by atoms with Gasteiger partial charge in [-0.15, -0.1) is 0 Å². The molecule has 1 saturated heterocycles. The molecule has 0 bridgehead atoms. The van der Waals surface area contributed by atoms with E-state index in [9.17, 15) is 0 Å². The van der Waals surface area contributed by atoms with Gasteiger partial charge in [0, 0.05) is 0 Å². The van der Waals surface area contributed by atoms with Crippen molar-refractivity contribution >= 4 is 33.3 Å². The van der Waals surface area contributed by atoms with Gasteiger partial charge in [-0.2, -0.15) is 0 Å². The molecule has 2 nitrogen and oxygen atoms in total. The van der Waals surface area contributed by atoms with Crippen LogP contribution in [-0.2, 0) is 0 Å². The second-order valence-electron chi connectivity index (χ2n) is 2.74. The number of benzene rings is 1. The van der Waals surface area contributed by atoms with Gasteiger partial charge in [0.2, 0.25) is 0 Å². The zero-order chi connectivity index (χ0) is 9.26. The Bertz CT molecular complexity index is 348. The lowest BCUT2D eigenvalue weighted by Crippen LogP contribution is -2.19. The molecule has 1 aliphatic heterocycles. The van der Waals surface area contributed by atoms with Crippen molar-refractivity contribution in [2.75, 3.05) is 0 Å². The van der Waals surface area contributed by atoms with Crippen molar-refractivity contribution in [2.45, 2.75) is 6.04 Å². The van der Waals surface area contributed by atoms with Gasteiger partial charge in [0.25, 0.3) is 0 Å². The van der Waals surface area contributed by atoms with E-state index in [4.69, 9.17) is 17.6 Å². The van der Waals surface area contributed by atoms with Crippen LogP contribution in [0.5, 0.6) is 0 Å².